The molecule has 0 aliphatic heterocycles. The van der Waals surface area contributed by atoms with E-state index in [0.717, 1.165) is 11.0 Å². The number of hydrogen-bond donors (Lipinski definition) is 1. The molecule has 0 aliphatic rings. The van der Waals surface area contributed by atoms with Gasteiger partial charge in [-0.2, -0.15) is 5.26 Å². The van der Waals surface area contributed by atoms with Gasteiger partial charge in [0.25, 0.3) is 0 Å². The van der Waals surface area contributed by atoms with Crippen molar-refractivity contribution in [3.05, 3.63) is 54.2 Å². The van der Waals surface area contributed by atoms with E-state index in [0.29, 0.717) is 17.2 Å². The molecule has 1 N–H and O–H groups in total. The lowest BCUT2D eigenvalue weighted by Crippen LogP contribution is -1.83. The van der Waals surface area contributed by atoms with E-state index < -0.39 is 0 Å². The van der Waals surface area contributed by atoms with Crippen molar-refractivity contribution in [3.8, 4) is 6.07 Å². The number of aromatic amines is 1. The largest absolute Gasteiger partial charge is 0.465 e. The summed E-state index contributed by atoms with van der Waals surface area (Å²) in [7, 11) is 0. The molecule has 3 rings (SSSR count). The lowest BCUT2D eigenvalue weighted by atomic mass is 10.2. The minimum atomic E-state index is 0.446. The quantitative estimate of drug-likeness (QED) is 0.693. The molecule has 86 valence electrons. The molecular formula is C14H9N3O. The molecule has 1 aromatic carbocycles. The Kier molecular flexibility index (Phi) is 2.43. The smallest absolute Gasteiger partial charge is 0.149 e. The fourth-order valence-electron chi connectivity index (χ4n) is 1.75. The Bertz CT molecular complexity index is 712. The molecule has 0 unspecified atom stereocenters. The van der Waals surface area contributed by atoms with Gasteiger partial charge in [0.2, 0.25) is 0 Å². The minimum absolute atomic E-state index is 0.446. The van der Waals surface area contributed by atoms with E-state index in [9.17, 15) is 5.26 Å². The Balaban J connectivity index is 2.09. The summed E-state index contributed by atoms with van der Waals surface area (Å²) < 4.78 is 5.19. The number of aromatic nitrogens is 2. The number of fused-ring (bicyclic) bond motifs is 1. The van der Waals surface area contributed by atoms with Gasteiger partial charge >= 0.3 is 0 Å². The van der Waals surface area contributed by atoms with Gasteiger partial charge in [-0.25, -0.2) is 4.98 Å². The Morgan fingerprint density at radius 3 is 2.89 bits per heavy atom. The van der Waals surface area contributed by atoms with Crippen molar-refractivity contribution >= 4 is 22.7 Å². The second-order valence-electron chi connectivity index (χ2n) is 3.79. The third-order valence-corrected chi connectivity index (χ3v) is 2.59. The fraction of sp³-hybridized carbons (Fsp3) is 0. The molecule has 0 saturated carbocycles. The zero-order chi connectivity index (χ0) is 12.4. The molecule has 0 bridgehead atoms. The lowest BCUT2D eigenvalue weighted by Gasteiger charge is -1.91. The van der Waals surface area contributed by atoms with Crippen molar-refractivity contribution in [2.45, 2.75) is 0 Å². The monoisotopic (exact) mass is 235 g/mol. The molecule has 2 aromatic heterocycles. The van der Waals surface area contributed by atoms with Gasteiger partial charge in [-0.3, -0.25) is 0 Å². The molecule has 0 spiro atoms. The summed E-state index contributed by atoms with van der Waals surface area (Å²) in [6.45, 7) is 0. The number of furan rings is 1. The zero-order valence-corrected chi connectivity index (χ0v) is 9.42. The number of nitriles is 1. The number of allylic oxidation sites excluding steroid dienone is 1. The number of nitrogens with one attached hydrogen (secondary N) is 1. The maximum Gasteiger partial charge on any atom is 0.149 e. The summed E-state index contributed by atoms with van der Waals surface area (Å²) in [5, 5.41) is 9.18. The second kappa shape index (κ2) is 4.22. The van der Waals surface area contributed by atoms with Crippen LogP contribution in [0.4, 0.5) is 0 Å². The highest BCUT2D eigenvalue weighted by molar-refractivity contribution is 5.89. The number of H-pyrrole nitrogens is 1. The van der Waals surface area contributed by atoms with Gasteiger partial charge in [-0.1, -0.05) is 12.1 Å². The van der Waals surface area contributed by atoms with Crippen LogP contribution in [0.25, 0.3) is 22.7 Å². The minimum Gasteiger partial charge on any atom is -0.465 e. The van der Waals surface area contributed by atoms with E-state index in [2.05, 4.69) is 16.0 Å². The Morgan fingerprint density at radius 2 is 2.17 bits per heavy atom. The van der Waals surface area contributed by atoms with Crippen LogP contribution >= 0.6 is 0 Å². The van der Waals surface area contributed by atoms with Gasteiger partial charge in [0.15, 0.2) is 0 Å². The second-order valence-corrected chi connectivity index (χ2v) is 3.79. The predicted octanol–water partition coefficient (Wildman–Crippen LogP) is 3.22. The van der Waals surface area contributed by atoms with Gasteiger partial charge in [-0.05, 0) is 24.3 Å². The number of benzene rings is 1. The topological polar surface area (TPSA) is 65.6 Å². The van der Waals surface area contributed by atoms with Crippen LogP contribution in [0.3, 0.4) is 0 Å². The molecular weight excluding hydrogens is 226 g/mol. The zero-order valence-electron chi connectivity index (χ0n) is 9.42. The Morgan fingerprint density at radius 1 is 1.28 bits per heavy atom. The number of para-hydroxylation sites is 2. The van der Waals surface area contributed by atoms with Gasteiger partial charge in [0, 0.05) is 6.08 Å². The van der Waals surface area contributed by atoms with Crippen LogP contribution in [0.5, 0.6) is 0 Å². The first-order valence-corrected chi connectivity index (χ1v) is 5.47. The molecule has 0 radical (unpaired) electrons. The summed E-state index contributed by atoms with van der Waals surface area (Å²) >= 11 is 0. The molecule has 18 heavy (non-hydrogen) atoms. The Labute approximate surface area is 103 Å². The normalized spacial score (nSPS) is 11.6. The maximum absolute atomic E-state index is 9.18. The lowest BCUT2D eigenvalue weighted by molar-refractivity contribution is 0.557. The summed E-state index contributed by atoms with van der Waals surface area (Å²) in [4.78, 5) is 7.49. The van der Waals surface area contributed by atoms with Gasteiger partial charge < -0.3 is 9.40 Å². The van der Waals surface area contributed by atoms with Gasteiger partial charge in [0.05, 0.1) is 22.9 Å². The molecule has 4 heteroatoms. The molecule has 0 saturated heterocycles. The summed E-state index contributed by atoms with van der Waals surface area (Å²) in [5.41, 5.74) is 2.20. The van der Waals surface area contributed by atoms with Crippen LogP contribution in [0.2, 0.25) is 0 Å². The number of rotatable bonds is 2. The Hall–Kier alpha value is -2.80. The predicted molar refractivity (Wildman–Crippen MR) is 68.3 cm³/mol. The van der Waals surface area contributed by atoms with Crippen molar-refractivity contribution in [2.24, 2.45) is 0 Å². The third-order valence-electron chi connectivity index (χ3n) is 2.59. The highest BCUT2D eigenvalue weighted by atomic mass is 16.3. The van der Waals surface area contributed by atoms with E-state index in [1.165, 1.54) is 0 Å². The molecule has 0 aliphatic carbocycles. The third kappa shape index (κ3) is 1.78. The number of imidazole rings is 1. The highest BCUT2D eigenvalue weighted by Gasteiger charge is 2.07. The highest BCUT2D eigenvalue weighted by Crippen LogP contribution is 2.18. The van der Waals surface area contributed by atoms with Crippen LogP contribution in [-0.2, 0) is 0 Å². The van der Waals surface area contributed by atoms with Crippen molar-refractivity contribution < 1.29 is 4.42 Å². The summed E-state index contributed by atoms with van der Waals surface area (Å²) in [5.74, 6) is 1.18. The van der Waals surface area contributed by atoms with Crippen molar-refractivity contribution in [1.29, 1.82) is 5.26 Å². The number of nitrogens with zero attached hydrogens (tertiary/aromatic N) is 2. The van der Waals surface area contributed by atoms with Gasteiger partial charge in [-0.15, -0.1) is 0 Å². The maximum atomic E-state index is 9.18. The average Bonchev–Trinajstić information content (AvgIpc) is 3.04. The van der Waals surface area contributed by atoms with Crippen LogP contribution in [0.1, 0.15) is 11.6 Å². The van der Waals surface area contributed by atoms with E-state index in [1.807, 2.05) is 24.3 Å². The first-order valence-electron chi connectivity index (χ1n) is 5.47. The van der Waals surface area contributed by atoms with Crippen molar-refractivity contribution in [2.75, 3.05) is 0 Å². The molecule has 0 amide bonds. The van der Waals surface area contributed by atoms with Crippen molar-refractivity contribution in [3.63, 3.8) is 0 Å². The molecule has 0 atom stereocenters. The molecule has 0 fully saturated rings. The average molecular weight is 235 g/mol. The molecule has 3 aromatic rings. The van der Waals surface area contributed by atoms with E-state index in [4.69, 9.17) is 4.42 Å². The first-order chi connectivity index (χ1) is 8.86. The summed E-state index contributed by atoms with van der Waals surface area (Å²) in [6.07, 6.45) is 3.23. The van der Waals surface area contributed by atoms with E-state index >= 15 is 0 Å². The van der Waals surface area contributed by atoms with Crippen LogP contribution in [0.15, 0.2) is 47.1 Å². The van der Waals surface area contributed by atoms with Crippen LogP contribution in [-0.4, -0.2) is 9.97 Å². The SMILES string of the molecule is N#CC(=Cc1ccco1)c1nc2ccccc2[nH]1. The summed E-state index contributed by atoms with van der Waals surface area (Å²) in [6, 6.07) is 13.4. The molecule has 2 heterocycles. The van der Waals surface area contributed by atoms with E-state index in [-0.39, 0.29) is 0 Å². The van der Waals surface area contributed by atoms with Gasteiger partial charge in [0.1, 0.15) is 17.7 Å². The standard InChI is InChI=1S/C14H9N3O/c15-9-10(8-11-4-3-7-18-11)14-16-12-5-1-2-6-13(12)17-14/h1-8H,(H,16,17). The van der Waals surface area contributed by atoms with E-state index in [1.54, 1.807) is 24.5 Å². The van der Waals surface area contributed by atoms with Crippen molar-refractivity contribution in [1.82, 2.24) is 9.97 Å². The van der Waals surface area contributed by atoms with Crippen LogP contribution < -0.4 is 0 Å². The van der Waals surface area contributed by atoms with Crippen LogP contribution in [0, 0.1) is 11.3 Å². The fourth-order valence-corrected chi connectivity index (χ4v) is 1.75. The number of hydrogen-bond acceptors (Lipinski definition) is 3. The molecule has 4 nitrogen and oxygen atoms in total. The first kappa shape index (κ1) is 10.4.